The highest BCUT2D eigenvalue weighted by atomic mass is 35.5. The molecule has 0 amide bonds. The zero-order chi connectivity index (χ0) is 14.4. The highest BCUT2D eigenvalue weighted by Crippen LogP contribution is 2.26. The molecule has 2 rings (SSSR count). The maximum Gasteiger partial charge on any atom is 0.138 e. The minimum atomic E-state index is 0.319. The highest BCUT2D eigenvalue weighted by Gasteiger charge is 2.10. The average molecular weight is 290 g/mol. The lowest BCUT2D eigenvalue weighted by atomic mass is 9.96. The molecule has 0 heterocycles. The van der Waals surface area contributed by atoms with Gasteiger partial charge in [0.2, 0.25) is 0 Å². The number of ether oxygens (including phenoxy) is 1. The number of nitrogens with two attached hydrogens (primary N) is 1. The summed E-state index contributed by atoms with van der Waals surface area (Å²) in [6.07, 6.45) is 0.880. The second-order valence-corrected chi connectivity index (χ2v) is 5.32. The standard InChI is InChI=1S/C17H20ClNO/c1-13-7-8-16(18)17(11-13)20-10-9-15(12-19)14-5-3-2-4-6-14/h2-8,11,15H,9-10,12,19H2,1H3. The number of benzene rings is 2. The summed E-state index contributed by atoms with van der Waals surface area (Å²) in [6.45, 7) is 3.25. The van der Waals surface area contributed by atoms with Gasteiger partial charge in [0.05, 0.1) is 11.6 Å². The number of rotatable bonds is 6. The van der Waals surface area contributed by atoms with Crippen LogP contribution in [-0.2, 0) is 0 Å². The van der Waals surface area contributed by atoms with Crippen LogP contribution in [0.3, 0.4) is 0 Å². The Balaban J connectivity index is 1.93. The molecule has 1 unspecified atom stereocenters. The fraction of sp³-hybridized carbons (Fsp3) is 0.294. The van der Waals surface area contributed by atoms with Crippen molar-refractivity contribution in [2.45, 2.75) is 19.3 Å². The summed E-state index contributed by atoms with van der Waals surface area (Å²) in [4.78, 5) is 0. The third kappa shape index (κ3) is 3.99. The third-order valence-corrected chi connectivity index (χ3v) is 3.68. The molecule has 106 valence electrons. The van der Waals surface area contributed by atoms with E-state index in [9.17, 15) is 0 Å². The predicted molar refractivity (Wildman–Crippen MR) is 84.5 cm³/mol. The van der Waals surface area contributed by atoms with E-state index in [1.165, 1.54) is 5.56 Å². The Morgan fingerprint density at radius 3 is 2.60 bits per heavy atom. The van der Waals surface area contributed by atoms with Gasteiger partial charge in [-0.3, -0.25) is 0 Å². The average Bonchev–Trinajstić information content (AvgIpc) is 2.48. The van der Waals surface area contributed by atoms with Gasteiger partial charge in [-0.15, -0.1) is 0 Å². The molecular weight excluding hydrogens is 270 g/mol. The zero-order valence-corrected chi connectivity index (χ0v) is 12.4. The van der Waals surface area contributed by atoms with Gasteiger partial charge < -0.3 is 10.5 Å². The molecule has 2 N–H and O–H groups in total. The van der Waals surface area contributed by atoms with E-state index in [4.69, 9.17) is 22.1 Å². The van der Waals surface area contributed by atoms with E-state index >= 15 is 0 Å². The van der Waals surface area contributed by atoms with E-state index in [1.54, 1.807) is 0 Å². The summed E-state index contributed by atoms with van der Waals surface area (Å²) in [6, 6.07) is 16.1. The molecule has 2 nitrogen and oxygen atoms in total. The lowest BCUT2D eigenvalue weighted by Crippen LogP contribution is -2.15. The molecule has 0 aliphatic heterocycles. The zero-order valence-electron chi connectivity index (χ0n) is 11.7. The summed E-state index contributed by atoms with van der Waals surface area (Å²) in [7, 11) is 0. The Hall–Kier alpha value is -1.51. The van der Waals surface area contributed by atoms with Crippen LogP contribution in [0.2, 0.25) is 5.02 Å². The van der Waals surface area contributed by atoms with Crippen molar-refractivity contribution in [3.05, 3.63) is 64.7 Å². The van der Waals surface area contributed by atoms with Gasteiger partial charge in [0, 0.05) is 0 Å². The molecule has 0 spiro atoms. The number of halogens is 1. The molecule has 0 saturated carbocycles. The summed E-state index contributed by atoms with van der Waals surface area (Å²) in [5.74, 6) is 1.07. The van der Waals surface area contributed by atoms with Gasteiger partial charge >= 0.3 is 0 Å². The van der Waals surface area contributed by atoms with Gasteiger partial charge in [-0.2, -0.15) is 0 Å². The topological polar surface area (TPSA) is 35.2 Å². The van der Waals surface area contributed by atoms with Gasteiger partial charge in [-0.25, -0.2) is 0 Å². The van der Waals surface area contributed by atoms with Gasteiger partial charge in [-0.1, -0.05) is 48.0 Å². The minimum absolute atomic E-state index is 0.319. The molecule has 0 fully saturated rings. The largest absolute Gasteiger partial charge is 0.492 e. The molecule has 0 saturated heterocycles. The van der Waals surface area contributed by atoms with Crippen LogP contribution >= 0.6 is 11.6 Å². The Morgan fingerprint density at radius 1 is 1.15 bits per heavy atom. The molecule has 0 aliphatic carbocycles. The SMILES string of the molecule is Cc1ccc(Cl)c(OCCC(CN)c2ccccc2)c1. The quantitative estimate of drug-likeness (QED) is 0.866. The Labute approximate surface area is 125 Å². The second-order valence-electron chi connectivity index (χ2n) is 4.91. The van der Waals surface area contributed by atoms with Gasteiger partial charge in [0.1, 0.15) is 5.75 Å². The molecule has 1 atom stereocenters. The predicted octanol–water partition coefficient (Wildman–Crippen LogP) is 4.16. The van der Waals surface area contributed by atoms with Crippen LogP contribution in [0.15, 0.2) is 48.5 Å². The summed E-state index contributed by atoms with van der Waals surface area (Å²) < 4.78 is 5.78. The first-order valence-corrected chi connectivity index (χ1v) is 7.22. The minimum Gasteiger partial charge on any atom is -0.492 e. The van der Waals surface area contributed by atoms with Crippen molar-refractivity contribution in [3.8, 4) is 5.75 Å². The van der Waals surface area contributed by atoms with Crippen LogP contribution in [0.5, 0.6) is 5.75 Å². The Morgan fingerprint density at radius 2 is 1.90 bits per heavy atom. The van der Waals surface area contributed by atoms with E-state index in [0.717, 1.165) is 17.7 Å². The Kier molecular flexibility index (Phi) is 5.45. The summed E-state index contributed by atoms with van der Waals surface area (Å²) >= 11 is 6.11. The van der Waals surface area contributed by atoms with E-state index < -0.39 is 0 Å². The Bertz CT molecular complexity index is 542. The lowest BCUT2D eigenvalue weighted by molar-refractivity contribution is 0.298. The monoisotopic (exact) mass is 289 g/mol. The van der Waals surface area contributed by atoms with Crippen molar-refractivity contribution in [3.63, 3.8) is 0 Å². The number of hydrogen-bond donors (Lipinski definition) is 1. The summed E-state index contributed by atoms with van der Waals surface area (Å²) in [5.41, 5.74) is 8.26. The van der Waals surface area contributed by atoms with Crippen LogP contribution in [-0.4, -0.2) is 13.2 Å². The van der Waals surface area contributed by atoms with E-state index in [2.05, 4.69) is 12.1 Å². The van der Waals surface area contributed by atoms with Crippen molar-refractivity contribution < 1.29 is 4.74 Å². The van der Waals surface area contributed by atoms with Gasteiger partial charge in [-0.05, 0) is 49.1 Å². The fourth-order valence-corrected chi connectivity index (χ4v) is 2.35. The molecule has 2 aromatic carbocycles. The van der Waals surface area contributed by atoms with Crippen molar-refractivity contribution in [1.82, 2.24) is 0 Å². The fourth-order valence-electron chi connectivity index (χ4n) is 2.18. The first-order valence-electron chi connectivity index (χ1n) is 6.84. The van der Waals surface area contributed by atoms with Crippen molar-refractivity contribution in [2.24, 2.45) is 5.73 Å². The normalized spacial score (nSPS) is 12.2. The molecule has 20 heavy (non-hydrogen) atoms. The highest BCUT2D eigenvalue weighted by molar-refractivity contribution is 6.32. The maximum absolute atomic E-state index is 6.11. The first kappa shape index (κ1) is 14.9. The summed E-state index contributed by atoms with van der Waals surface area (Å²) in [5, 5.41) is 0.652. The lowest BCUT2D eigenvalue weighted by Gasteiger charge is -2.16. The molecule has 0 aliphatic rings. The van der Waals surface area contributed by atoms with Crippen LogP contribution in [0, 0.1) is 6.92 Å². The van der Waals surface area contributed by atoms with Gasteiger partial charge in [0.25, 0.3) is 0 Å². The molecule has 0 bridgehead atoms. The van der Waals surface area contributed by atoms with Crippen LogP contribution in [0.1, 0.15) is 23.5 Å². The molecule has 0 radical (unpaired) electrons. The maximum atomic E-state index is 6.11. The molecular formula is C17H20ClNO. The van der Waals surface area contributed by atoms with Crippen molar-refractivity contribution in [1.29, 1.82) is 0 Å². The van der Waals surface area contributed by atoms with E-state index in [0.29, 0.717) is 24.1 Å². The molecule has 0 aromatic heterocycles. The van der Waals surface area contributed by atoms with Crippen LogP contribution in [0.4, 0.5) is 0 Å². The number of aryl methyl sites for hydroxylation is 1. The van der Waals surface area contributed by atoms with Gasteiger partial charge in [0.15, 0.2) is 0 Å². The van der Waals surface area contributed by atoms with Crippen LogP contribution < -0.4 is 10.5 Å². The smallest absolute Gasteiger partial charge is 0.138 e. The van der Waals surface area contributed by atoms with Crippen LogP contribution in [0.25, 0.3) is 0 Å². The third-order valence-electron chi connectivity index (χ3n) is 3.37. The first-order chi connectivity index (χ1) is 9.70. The van der Waals surface area contributed by atoms with E-state index in [1.807, 2.05) is 43.3 Å². The number of hydrogen-bond acceptors (Lipinski definition) is 2. The second kappa shape index (κ2) is 7.32. The van der Waals surface area contributed by atoms with Crippen molar-refractivity contribution in [2.75, 3.05) is 13.2 Å². The molecule has 3 heteroatoms. The van der Waals surface area contributed by atoms with E-state index in [-0.39, 0.29) is 0 Å². The molecule has 2 aromatic rings. The van der Waals surface area contributed by atoms with Crippen molar-refractivity contribution >= 4 is 11.6 Å².